The van der Waals surface area contributed by atoms with Crippen molar-refractivity contribution >= 4 is 40.2 Å². The van der Waals surface area contributed by atoms with Gasteiger partial charge in [0.05, 0.1) is 29.6 Å². The van der Waals surface area contributed by atoms with Crippen molar-refractivity contribution in [1.82, 2.24) is 15.2 Å². The van der Waals surface area contributed by atoms with E-state index in [-0.39, 0.29) is 18.4 Å². The fourth-order valence-corrected chi connectivity index (χ4v) is 5.95. The number of thioether (sulfide) groups is 1. The lowest BCUT2D eigenvalue weighted by atomic mass is 9.91. The topological polar surface area (TPSA) is 89.3 Å². The number of carbonyl (C=O) groups is 2. The molecule has 30 heavy (non-hydrogen) atoms. The van der Waals surface area contributed by atoms with Gasteiger partial charge in [-0.2, -0.15) is 5.26 Å². The lowest BCUT2D eigenvalue weighted by Crippen LogP contribution is -2.53. The molecular formula is C22H23N5O2S. The minimum atomic E-state index is -0.417. The number of benzene rings is 1. The maximum Gasteiger partial charge on any atom is 0.252 e. The molecule has 2 aromatic rings. The van der Waals surface area contributed by atoms with Crippen LogP contribution in [0.1, 0.15) is 29.6 Å². The molecule has 8 heteroatoms. The molecule has 1 N–H and O–H groups in total. The van der Waals surface area contributed by atoms with Crippen LogP contribution in [-0.4, -0.2) is 58.5 Å². The zero-order valence-corrected chi connectivity index (χ0v) is 17.4. The normalized spacial score (nSPS) is 25.0. The zero-order chi connectivity index (χ0) is 20.7. The molecule has 3 atom stereocenters. The van der Waals surface area contributed by atoms with Crippen molar-refractivity contribution in [1.29, 1.82) is 5.26 Å². The van der Waals surface area contributed by atoms with Crippen molar-refractivity contribution in [2.45, 2.75) is 31.3 Å². The van der Waals surface area contributed by atoms with E-state index in [4.69, 9.17) is 5.26 Å². The largest absolute Gasteiger partial charge is 0.368 e. The Kier molecular flexibility index (Phi) is 4.99. The van der Waals surface area contributed by atoms with Crippen molar-refractivity contribution < 1.29 is 9.59 Å². The Bertz CT molecular complexity index is 1050. The maximum atomic E-state index is 12.9. The van der Waals surface area contributed by atoms with E-state index in [1.54, 1.807) is 24.0 Å². The van der Waals surface area contributed by atoms with Crippen molar-refractivity contribution in [3.8, 4) is 6.07 Å². The Labute approximate surface area is 179 Å². The molecular weight excluding hydrogens is 398 g/mol. The van der Waals surface area contributed by atoms with Crippen LogP contribution in [-0.2, 0) is 4.79 Å². The summed E-state index contributed by atoms with van der Waals surface area (Å²) in [5.74, 6) is 1.39. The van der Waals surface area contributed by atoms with Crippen molar-refractivity contribution in [2.75, 3.05) is 29.6 Å². The minimum Gasteiger partial charge on any atom is -0.368 e. The summed E-state index contributed by atoms with van der Waals surface area (Å²) in [6, 6.07) is 10.2. The Morgan fingerprint density at radius 2 is 2.20 bits per heavy atom. The van der Waals surface area contributed by atoms with Gasteiger partial charge in [-0.15, -0.1) is 11.8 Å². The zero-order valence-electron chi connectivity index (χ0n) is 16.6. The number of hydrogen-bond donors (Lipinski definition) is 1. The summed E-state index contributed by atoms with van der Waals surface area (Å²) in [5.41, 5.74) is 2.42. The van der Waals surface area contributed by atoms with Crippen LogP contribution in [0.25, 0.3) is 10.9 Å². The molecule has 2 aliphatic heterocycles. The number of fused-ring (bicyclic) bond motifs is 2. The number of anilines is 1. The third kappa shape index (κ3) is 3.27. The molecule has 0 bridgehead atoms. The van der Waals surface area contributed by atoms with Crippen LogP contribution < -0.4 is 10.2 Å². The number of rotatable bonds is 4. The molecule has 154 valence electrons. The first-order valence-electron chi connectivity index (χ1n) is 10.4. The van der Waals surface area contributed by atoms with E-state index in [1.165, 1.54) is 24.2 Å². The number of nitrogens with one attached hydrogen (secondary N) is 1. The monoisotopic (exact) mass is 421 g/mol. The average Bonchev–Trinajstić information content (AvgIpc) is 3.38. The second-order valence-electron chi connectivity index (χ2n) is 8.16. The molecule has 3 heterocycles. The van der Waals surface area contributed by atoms with Gasteiger partial charge >= 0.3 is 0 Å². The predicted octanol–water partition coefficient (Wildman–Crippen LogP) is 2.38. The molecule has 7 nitrogen and oxygen atoms in total. The molecule has 0 unspecified atom stereocenters. The highest BCUT2D eigenvalue weighted by atomic mass is 32.2. The summed E-state index contributed by atoms with van der Waals surface area (Å²) in [6.07, 6.45) is 5.48. The third-order valence-electron chi connectivity index (χ3n) is 6.50. The summed E-state index contributed by atoms with van der Waals surface area (Å²) in [5, 5.41) is 12.7. The number of amides is 2. The Morgan fingerprint density at radius 3 is 3.03 bits per heavy atom. The van der Waals surface area contributed by atoms with E-state index >= 15 is 0 Å². The van der Waals surface area contributed by atoms with E-state index in [9.17, 15) is 9.59 Å². The summed E-state index contributed by atoms with van der Waals surface area (Å²) in [7, 11) is 0. The molecule has 1 aliphatic carbocycles. The van der Waals surface area contributed by atoms with Gasteiger partial charge < -0.3 is 15.1 Å². The summed E-state index contributed by atoms with van der Waals surface area (Å²) < 4.78 is 0. The van der Waals surface area contributed by atoms with Crippen molar-refractivity contribution in [3.05, 3.63) is 36.0 Å². The van der Waals surface area contributed by atoms with Crippen LogP contribution in [0.15, 0.2) is 30.5 Å². The van der Waals surface area contributed by atoms with Crippen LogP contribution in [0.5, 0.6) is 0 Å². The molecule has 2 saturated heterocycles. The number of nitrogens with zero attached hydrogens (tertiary/aromatic N) is 4. The fourth-order valence-electron chi connectivity index (χ4n) is 4.85. The first kappa shape index (κ1) is 19.2. The van der Waals surface area contributed by atoms with Gasteiger partial charge in [-0.1, -0.05) is 6.42 Å². The number of aromatic nitrogens is 1. The molecule has 2 amide bonds. The predicted molar refractivity (Wildman–Crippen MR) is 116 cm³/mol. The Balaban J connectivity index is 1.33. The molecule has 0 spiro atoms. The van der Waals surface area contributed by atoms with Crippen molar-refractivity contribution in [2.24, 2.45) is 5.92 Å². The van der Waals surface area contributed by atoms with Gasteiger partial charge in [0.1, 0.15) is 6.04 Å². The molecule has 1 aromatic heterocycles. The smallest absolute Gasteiger partial charge is 0.252 e. The quantitative estimate of drug-likeness (QED) is 0.815. The summed E-state index contributed by atoms with van der Waals surface area (Å²) in [6.45, 7) is 0.970. The number of nitriles is 1. The van der Waals surface area contributed by atoms with E-state index in [1.807, 2.05) is 6.07 Å². The van der Waals surface area contributed by atoms with E-state index in [0.29, 0.717) is 23.2 Å². The second-order valence-corrected chi connectivity index (χ2v) is 9.16. The SMILES string of the molecule is N#C[C@@H]1CSCN1C(=O)CNC(=O)c1ccnc2ccc(N3C[C@@H]4CCC[C@@H]43)cc12. The molecule has 3 aliphatic rings. The van der Waals surface area contributed by atoms with Gasteiger partial charge in [-0.05, 0) is 43.0 Å². The van der Waals surface area contributed by atoms with Crippen LogP contribution in [0.4, 0.5) is 5.69 Å². The number of hydrogen-bond acceptors (Lipinski definition) is 6. The van der Waals surface area contributed by atoms with Gasteiger partial charge in [-0.3, -0.25) is 14.6 Å². The lowest BCUT2D eigenvalue weighted by molar-refractivity contribution is -0.129. The maximum absolute atomic E-state index is 12.9. The van der Waals surface area contributed by atoms with E-state index in [2.05, 4.69) is 33.4 Å². The summed E-state index contributed by atoms with van der Waals surface area (Å²) >= 11 is 1.55. The lowest BCUT2D eigenvalue weighted by Gasteiger charge is -2.46. The average molecular weight is 422 g/mol. The highest BCUT2D eigenvalue weighted by Crippen LogP contribution is 2.42. The van der Waals surface area contributed by atoms with Gasteiger partial charge in [0.25, 0.3) is 5.91 Å². The standard InChI is InChI=1S/C22H23N5O2S/c23-9-16-12-30-13-27(16)21(28)10-25-22(29)17-6-7-24-19-5-4-15(8-18(17)19)26-11-14-2-1-3-20(14)26/h4-8,14,16,20H,1-3,10-13H2,(H,25,29)/t14-,16+,20-/m0/s1. The van der Waals surface area contributed by atoms with Crippen LogP contribution in [0.2, 0.25) is 0 Å². The highest BCUT2D eigenvalue weighted by molar-refractivity contribution is 7.99. The molecule has 1 saturated carbocycles. The number of carbonyl (C=O) groups excluding carboxylic acids is 2. The van der Waals surface area contributed by atoms with Crippen LogP contribution >= 0.6 is 11.8 Å². The number of pyridine rings is 1. The first-order chi connectivity index (χ1) is 14.7. The van der Waals surface area contributed by atoms with E-state index in [0.717, 1.165) is 29.1 Å². The van der Waals surface area contributed by atoms with Gasteiger partial charge in [-0.25, -0.2) is 0 Å². The second kappa shape index (κ2) is 7.80. The Morgan fingerprint density at radius 1 is 1.30 bits per heavy atom. The molecule has 1 aromatic carbocycles. The Hall–Kier alpha value is -2.79. The van der Waals surface area contributed by atoms with Gasteiger partial charge in [0, 0.05) is 35.6 Å². The minimum absolute atomic E-state index is 0.114. The van der Waals surface area contributed by atoms with Gasteiger partial charge in [0.15, 0.2) is 0 Å². The van der Waals surface area contributed by atoms with Crippen LogP contribution in [0, 0.1) is 17.2 Å². The van der Waals surface area contributed by atoms with Crippen molar-refractivity contribution in [3.63, 3.8) is 0 Å². The van der Waals surface area contributed by atoms with Crippen LogP contribution in [0.3, 0.4) is 0 Å². The third-order valence-corrected chi connectivity index (χ3v) is 7.52. The molecule has 0 radical (unpaired) electrons. The first-order valence-corrected chi connectivity index (χ1v) is 11.5. The highest BCUT2D eigenvalue weighted by Gasteiger charge is 2.42. The van der Waals surface area contributed by atoms with E-state index < -0.39 is 6.04 Å². The molecule has 5 rings (SSSR count). The summed E-state index contributed by atoms with van der Waals surface area (Å²) in [4.78, 5) is 33.7. The fraction of sp³-hybridized carbons (Fsp3) is 0.455. The molecule has 3 fully saturated rings. The van der Waals surface area contributed by atoms with Gasteiger partial charge in [0.2, 0.25) is 5.91 Å².